The molecule has 0 aromatic carbocycles. The van der Waals surface area contributed by atoms with Gasteiger partial charge in [-0.3, -0.25) is 10.1 Å². The first-order valence-corrected chi connectivity index (χ1v) is 5.55. The predicted molar refractivity (Wildman–Crippen MR) is 61.8 cm³/mol. The average molecular weight is 270 g/mol. The molecule has 1 atom stereocenters. The van der Waals surface area contributed by atoms with E-state index in [-0.39, 0.29) is 12.7 Å². The lowest BCUT2D eigenvalue weighted by Crippen LogP contribution is -2.34. The van der Waals surface area contributed by atoms with E-state index in [9.17, 15) is 19.2 Å². The van der Waals surface area contributed by atoms with Crippen LogP contribution in [0.5, 0.6) is 0 Å². The Morgan fingerprint density at radius 3 is 2.42 bits per heavy atom. The van der Waals surface area contributed by atoms with Crippen LogP contribution in [0.1, 0.15) is 13.8 Å². The van der Waals surface area contributed by atoms with Crippen molar-refractivity contribution in [3.8, 4) is 0 Å². The van der Waals surface area contributed by atoms with Crippen LogP contribution < -0.4 is 10.6 Å². The van der Waals surface area contributed by atoms with Gasteiger partial charge in [0, 0.05) is 12.2 Å². The van der Waals surface area contributed by atoms with E-state index in [0.29, 0.717) is 0 Å². The first-order chi connectivity index (χ1) is 8.88. The van der Waals surface area contributed by atoms with Gasteiger partial charge in [0.2, 0.25) is 0 Å². The molecule has 1 rings (SSSR count). The van der Waals surface area contributed by atoms with Crippen molar-refractivity contribution in [2.45, 2.75) is 26.0 Å². The Hall–Kier alpha value is -2.38. The van der Waals surface area contributed by atoms with Gasteiger partial charge in [-0.05, 0) is 13.8 Å². The Labute approximate surface area is 109 Å². The zero-order valence-corrected chi connectivity index (χ0v) is 10.5. The molecule has 1 heterocycles. The van der Waals surface area contributed by atoms with Gasteiger partial charge in [0.1, 0.15) is 12.6 Å². The van der Waals surface area contributed by atoms with Crippen LogP contribution in [0.2, 0.25) is 0 Å². The van der Waals surface area contributed by atoms with Gasteiger partial charge in [-0.2, -0.15) is 0 Å². The van der Waals surface area contributed by atoms with Gasteiger partial charge in [-0.1, -0.05) is 0 Å². The molecule has 0 aliphatic carbocycles. The van der Waals surface area contributed by atoms with Crippen LogP contribution in [-0.4, -0.2) is 42.6 Å². The third kappa shape index (κ3) is 5.19. The van der Waals surface area contributed by atoms with Crippen LogP contribution in [0.3, 0.4) is 0 Å². The van der Waals surface area contributed by atoms with Gasteiger partial charge in [-0.15, -0.1) is 0 Å². The topological polar surface area (TPSA) is 111 Å². The monoisotopic (exact) mass is 270 g/mol. The van der Waals surface area contributed by atoms with Crippen molar-refractivity contribution in [1.29, 1.82) is 0 Å². The fourth-order valence-corrected chi connectivity index (χ4v) is 1.20. The minimum atomic E-state index is -0.910. The van der Waals surface area contributed by atoms with Gasteiger partial charge in [-0.25, -0.2) is 14.4 Å². The lowest BCUT2D eigenvalue weighted by molar-refractivity contribution is -0.143. The van der Waals surface area contributed by atoms with E-state index in [2.05, 4.69) is 5.32 Å². The van der Waals surface area contributed by atoms with Gasteiger partial charge >= 0.3 is 18.0 Å². The molecule has 0 aromatic heterocycles. The standard InChI is InChI=1S/C11H14N2O6/c1-6(2)19-9(15)4-3-8(14)18-5-7-10(16)13-11(17)12-7/h3-4,6-7H,5H2,1-2H3,(H2,12,13,16,17)/b4-3+. The molecule has 0 aromatic rings. The van der Waals surface area contributed by atoms with Crippen LogP contribution in [0.15, 0.2) is 12.2 Å². The Morgan fingerprint density at radius 2 is 1.89 bits per heavy atom. The Morgan fingerprint density at radius 1 is 1.26 bits per heavy atom. The molecule has 1 fully saturated rings. The molecule has 1 unspecified atom stereocenters. The molecule has 104 valence electrons. The number of carbonyl (C=O) groups is 4. The molecule has 0 spiro atoms. The number of hydrogen-bond acceptors (Lipinski definition) is 6. The Balaban J connectivity index is 2.32. The molecular formula is C11H14N2O6. The van der Waals surface area contributed by atoms with E-state index in [0.717, 1.165) is 12.2 Å². The van der Waals surface area contributed by atoms with Crippen molar-refractivity contribution in [2.75, 3.05) is 6.61 Å². The second-order valence-corrected chi connectivity index (χ2v) is 3.96. The van der Waals surface area contributed by atoms with Crippen LogP contribution in [0.25, 0.3) is 0 Å². The molecule has 1 aliphatic heterocycles. The minimum Gasteiger partial charge on any atom is -0.460 e. The van der Waals surface area contributed by atoms with Gasteiger partial charge in [0.25, 0.3) is 5.91 Å². The highest BCUT2D eigenvalue weighted by Crippen LogP contribution is 1.96. The number of urea groups is 1. The van der Waals surface area contributed by atoms with Crippen LogP contribution in [0.4, 0.5) is 4.79 Å². The minimum absolute atomic E-state index is 0.287. The van der Waals surface area contributed by atoms with Gasteiger partial charge in [0.15, 0.2) is 0 Å². The van der Waals surface area contributed by atoms with E-state index < -0.39 is 29.9 Å². The predicted octanol–water partition coefficient (Wildman–Crippen LogP) is -0.755. The first-order valence-electron chi connectivity index (χ1n) is 5.55. The lowest BCUT2D eigenvalue weighted by atomic mass is 10.3. The van der Waals surface area contributed by atoms with Gasteiger partial charge in [0.05, 0.1) is 6.10 Å². The maximum absolute atomic E-state index is 11.2. The Kier molecular flexibility index (Phi) is 5.04. The Bertz CT molecular complexity index is 429. The third-order valence-corrected chi connectivity index (χ3v) is 1.96. The number of esters is 2. The highest BCUT2D eigenvalue weighted by molar-refractivity contribution is 6.04. The average Bonchev–Trinajstić information content (AvgIpc) is 2.61. The molecule has 0 saturated carbocycles. The molecule has 8 heteroatoms. The number of amides is 3. The molecule has 19 heavy (non-hydrogen) atoms. The summed E-state index contributed by atoms with van der Waals surface area (Å²) in [5.41, 5.74) is 0. The fourth-order valence-electron chi connectivity index (χ4n) is 1.20. The van der Waals surface area contributed by atoms with Crippen molar-refractivity contribution in [1.82, 2.24) is 10.6 Å². The van der Waals surface area contributed by atoms with Crippen molar-refractivity contribution < 1.29 is 28.7 Å². The van der Waals surface area contributed by atoms with E-state index >= 15 is 0 Å². The quantitative estimate of drug-likeness (QED) is 0.386. The second-order valence-electron chi connectivity index (χ2n) is 3.96. The van der Waals surface area contributed by atoms with Crippen LogP contribution in [0, 0.1) is 0 Å². The summed E-state index contributed by atoms with van der Waals surface area (Å²) in [4.78, 5) is 44.2. The molecule has 3 amide bonds. The summed E-state index contributed by atoms with van der Waals surface area (Å²) in [6, 6.07) is -1.55. The molecule has 2 N–H and O–H groups in total. The molecule has 0 bridgehead atoms. The van der Waals surface area contributed by atoms with Crippen molar-refractivity contribution in [3.05, 3.63) is 12.2 Å². The highest BCUT2D eigenvalue weighted by Gasteiger charge is 2.30. The zero-order chi connectivity index (χ0) is 14.4. The summed E-state index contributed by atoms with van der Waals surface area (Å²) in [6.07, 6.45) is 1.53. The van der Waals surface area contributed by atoms with E-state index in [1.807, 2.05) is 5.32 Å². The summed E-state index contributed by atoms with van der Waals surface area (Å²) in [7, 11) is 0. The zero-order valence-electron chi connectivity index (χ0n) is 10.5. The van der Waals surface area contributed by atoms with Crippen molar-refractivity contribution in [2.24, 2.45) is 0 Å². The SMILES string of the molecule is CC(C)OC(=O)/C=C/C(=O)OCC1NC(=O)NC1=O. The maximum atomic E-state index is 11.2. The molecular weight excluding hydrogens is 256 g/mol. The largest absolute Gasteiger partial charge is 0.460 e. The van der Waals surface area contributed by atoms with E-state index in [1.54, 1.807) is 13.8 Å². The smallest absolute Gasteiger partial charge is 0.331 e. The fraction of sp³-hybridized carbons (Fsp3) is 0.455. The molecule has 1 aliphatic rings. The van der Waals surface area contributed by atoms with Gasteiger partial charge < -0.3 is 14.8 Å². The van der Waals surface area contributed by atoms with Crippen LogP contribution in [-0.2, 0) is 23.9 Å². The maximum Gasteiger partial charge on any atom is 0.331 e. The van der Waals surface area contributed by atoms with Crippen molar-refractivity contribution >= 4 is 23.9 Å². The molecule has 8 nitrogen and oxygen atoms in total. The molecule has 1 saturated heterocycles. The summed E-state index contributed by atoms with van der Waals surface area (Å²) in [5, 5.41) is 4.25. The number of nitrogens with one attached hydrogen (secondary N) is 2. The number of rotatable bonds is 5. The highest BCUT2D eigenvalue weighted by atomic mass is 16.5. The number of imide groups is 1. The normalized spacial score (nSPS) is 18.4. The summed E-state index contributed by atoms with van der Waals surface area (Å²) >= 11 is 0. The summed E-state index contributed by atoms with van der Waals surface area (Å²) < 4.78 is 9.45. The molecule has 0 radical (unpaired) electrons. The van der Waals surface area contributed by atoms with E-state index in [1.165, 1.54) is 0 Å². The number of ether oxygens (including phenoxy) is 2. The van der Waals surface area contributed by atoms with Crippen molar-refractivity contribution in [3.63, 3.8) is 0 Å². The van der Waals surface area contributed by atoms with E-state index in [4.69, 9.17) is 9.47 Å². The lowest BCUT2D eigenvalue weighted by Gasteiger charge is -2.06. The number of hydrogen-bond donors (Lipinski definition) is 2. The third-order valence-electron chi connectivity index (χ3n) is 1.96. The second kappa shape index (κ2) is 6.53. The first kappa shape index (κ1) is 14.7. The number of carbonyl (C=O) groups excluding carboxylic acids is 4. The summed E-state index contributed by atoms with van der Waals surface area (Å²) in [6.45, 7) is 3.04. The van der Waals surface area contributed by atoms with Crippen LogP contribution >= 0.6 is 0 Å². The summed E-state index contributed by atoms with van der Waals surface area (Å²) in [5.74, 6) is -2.05.